The molecule has 3 heteroatoms. The second kappa shape index (κ2) is 5.03. The number of hydrogen-bond acceptors (Lipinski definition) is 2. The van der Waals surface area contributed by atoms with E-state index in [9.17, 15) is 0 Å². The van der Waals surface area contributed by atoms with Gasteiger partial charge in [0.05, 0.1) is 11.6 Å². The summed E-state index contributed by atoms with van der Waals surface area (Å²) >= 11 is 3.23. The molecule has 0 N–H and O–H groups in total. The molecule has 17 heavy (non-hydrogen) atoms. The molecule has 1 aromatic carbocycles. The molecule has 0 spiro atoms. The molecule has 0 radical (unpaired) electrons. The summed E-state index contributed by atoms with van der Waals surface area (Å²) < 4.78 is 6.01. The predicted molar refractivity (Wildman–Crippen MR) is 71.1 cm³/mol. The molecule has 2 nitrogen and oxygen atoms in total. The Morgan fingerprint density at radius 2 is 2.18 bits per heavy atom. The van der Waals surface area contributed by atoms with Crippen molar-refractivity contribution in [3.63, 3.8) is 0 Å². The fourth-order valence-corrected chi connectivity index (χ4v) is 1.86. The van der Waals surface area contributed by atoms with Crippen LogP contribution in [-0.4, -0.2) is 0 Å². The standard InChI is InChI=1S/C14H10BrNO/c1-10-3-2-4-11(7-10)12(9-16)8-13-5-6-14(15)17-13/h2-8H,1H3. The summed E-state index contributed by atoms with van der Waals surface area (Å²) in [5.74, 6) is 0.662. The SMILES string of the molecule is Cc1cccc(C(C#N)=Cc2ccc(Br)o2)c1. The van der Waals surface area contributed by atoms with Crippen molar-refractivity contribution in [1.29, 1.82) is 5.26 Å². The molecule has 0 amide bonds. The van der Waals surface area contributed by atoms with Gasteiger partial charge < -0.3 is 4.42 Å². The number of halogens is 1. The van der Waals surface area contributed by atoms with Gasteiger partial charge in [-0.2, -0.15) is 5.26 Å². The fraction of sp³-hybridized carbons (Fsp3) is 0.0714. The van der Waals surface area contributed by atoms with Crippen LogP contribution in [-0.2, 0) is 0 Å². The van der Waals surface area contributed by atoms with Crippen molar-refractivity contribution in [2.45, 2.75) is 6.92 Å². The van der Waals surface area contributed by atoms with E-state index in [2.05, 4.69) is 22.0 Å². The van der Waals surface area contributed by atoms with E-state index in [4.69, 9.17) is 9.68 Å². The van der Waals surface area contributed by atoms with Crippen LogP contribution in [0.25, 0.3) is 11.6 Å². The molecular weight excluding hydrogens is 278 g/mol. The summed E-state index contributed by atoms with van der Waals surface area (Å²) in [5.41, 5.74) is 2.62. The normalized spacial score (nSPS) is 11.2. The van der Waals surface area contributed by atoms with Gasteiger partial charge in [-0.05, 0) is 46.6 Å². The molecule has 0 unspecified atom stereocenters. The highest BCUT2D eigenvalue weighted by molar-refractivity contribution is 9.10. The highest BCUT2D eigenvalue weighted by Gasteiger charge is 2.03. The highest BCUT2D eigenvalue weighted by Crippen LogP contribution is 2.21. The largest absolute Gasteiger partial charge is 0.450 e. The van der Waals surface area contributed by atoms with Gasteiger partial charge in [-0.3, -0.25) is 0 Å². The van der Waals surface area contributed by atoms with Gasteiger partial charge in [0, 0.05) is 0 Å². The third kappa shape index (κ3) is 2.86. The first-order chi connectivity index (χ1) is 8.19. The van der Waals surface area contributed by atoms with Crippen LogP contribution >= 0.6 is 15.9 Å². The Hall–Kier alpha value is -1.79. The fourth-order valence-electron chi connectivity index (χ4n) is 1.54. The van der Waals surface area contributed by atoms with Crippen LogP contribution in [0.4, 0.5) is 0 Å². The maximum absolute atomic E-state index is 9.17. The number of hydrogen-bond donors (Lipinski definition) is 0. The van der Waals surface area contributed by atoms with Crippen molar-refractivity contribution in [3.8, 4) is 6.07 Å². The molecule has 0 aliphatic rings. The van der Waals surface area contributed by atoms with Crippen LogP contribution < -0.4 is 0 Å². The van der Waals surface area contributed by atoms with Crippen LogP contribution in [0.1, 0.15) is 16.9 Å². The molecule has 0 saturated heterocycles. The molecule has 1 aromatic heterocycles. The number of aryl methyl sites for hydroxylation is 1. The Morgan fingerprint density at radius 1 is 1.35 bits per heavy atom. The Balaban J connectivity index is 2.41. The monoisotopic (exact) mass is 287 g/mol. The number of rotatable bonds is 2. The summed E-state index contributed by atoms with van der Waals surface area (Å²) in [6.45, 7) is 2.00. The molecular formula is C14H10BrNO. The zero-order valence-corrected chi connectivity index (χ0v) is 10.9. The van der Waals surface area contributed by atoms with E-state index in [-0.39, 0.29) is 0 Å². The average molecular weight is 288 g/mol. The Morgan fingerprint density at radius 3 is 2.76 bits per heavy atom. The molecule has 0 fully saturated rings. The summed E-state index contributed by atoms with van der Waals surface area (Å²) in [6, 6.07) is 13.6. The zero-order chi connectivity index (χ0) is 12.3. The molecule has 1 heterocycles. The maximum Gasteiger partial charge on any atom is 0.169 e. The van der Waals surface area contributed by atoms with Crippen LogP contribution in [0.5, 0.6) is 0 Å². The molecule has 2 rings (SSSR count). The maximum atomic E-state index is 9.17. The molecule has 0 aliphatic heterocycles. The van der Waals surface area contributed by atoms with Gasteiger partial charge >= 0.3 is 0 Å². The number of furan rings is 1. The van der Waals surface area contributed by atoms with Crippen LogP contribution in [0.15, 0.2) is 45.5 Å². The van der Waals surface area contributed by atoms with E-state index in [1.54, 1.807) is 12.1 Å². The lowest BCUT2D eigenvalue weighted by molar-refractivity contribution is 0.532. The first-order valence-electron chi connectivity index (χ1n) is 5.13. The molecule has 0 bridgehead atoms. The number of nitriles is 1. The lowest BCUT2D eigenvalue weighted by atomic mass is 10.0. The van der Waals surface area contributed by atoms with E-state index < -0.39 is 0 Å². The van der Waals surface area contributed by atoms with Gasteiger partial charge in [0.2, 0.25) is 0 Å². The van der Waals surface area contributed by atoms with E-state index >= 15 is 0 Å². The highest BCUT2D eigenvalue weighted by atomic mass is 79.9. The van der Waals surface area contributed by atoms with Gasteiger partial charge in [0.25, 0.3) is 0 Å². The minimum absolute atomic E-state index is 0.593. The molecule has 0 aliphatic carbocycles. The van der Waals surface area contributed by atoms with E-state index in [0.717, 1.165) is 11.1 Å². The van der Waals surface area contributed by atoms with Crippen LogP contribution in [0, 0.1) is 18.3 Å². The lowest BCUT2D eigenvalue weighted by Gasteiger charge is -1.99. The van der Waals surface area contributed by atoms with E-state index in [1.165, 1.54) is 0 Å². The van der Waals surface area contributed by atoms with Crippen LogP contribution in [0.2, 0.25) is 0 Å². The molecule has 0 saturated carbocycles. The van der Waals surface area contributed by atoms with Gasteiger partial charge in [0.15, 0.2) is 4.67 Å². The van der Waals surface area contributed by atoms with Crippen molar-refractivity contribution < 1.29 is 4.42 Å². The predicted octanol–water partition coefficient (Wildman–Crippen LogP) is 4.41. The number of allylic oxidation sites excluding steroid dienone is 1. The summed E-state index contributed by atoms with van der Waals surface area (Å²) in [7, 11) is 0. The van der Waals surface area contributed by atoms with Crippen LogP contribution in [0.3, 0.4) is 0 Å². The van der Waals surface area contributed by atoms with Crippen molar-refractivity contribution >= 4 is 27.6 Å². The summed E-state index contributed by atoms with van der Waals surface area (Å²) in [4.78, 5) is 0. The minimum Gasteiger partial charge on any atom is -0.450 e. The molecule has 84 valence electrons. The van der Waals surface area contributed by atoms with Crippen molar-refractivity contribution in [2.24, 2.45) is 0 Å². The van der Waals surface area contributed by atoms with Gasteiger partial charge in [-0.1, -0.05) is 29.8 Å². The molecule has 2 aromatic rings. The molecule has 0 atom stereocenters. The summed E-state index contributed by atoms with van der Waals surface area (Å²) in [5, 5.41) is 9.17. The van der Waals surface area contributed by atoms with Crippen molar-refractivity contribution in [3.05, 3.63) is 58.0 Å². The third-order valence-corrected chi connectivity index (χ3v) is 2.76. The average Bonchev–Trinajstić information content (AvgIpc) is 2.72. The van der Waals surface area contributed by atoms with E-state index in [0.29, 0.717) is 16.0 Å². The Kier molecular flexibility index (Phi) is 3.46. The van der Waals surface area contributed by atoms with Gasteiger partial charge in [-0.25, -0.2) is 0 Å². The van der Waals surface area contributed by atoms with Crippen molar-refractivity contribution in [1.82, 2.24) is 0 Å². The van der Waals surface area contributed by atoms with Gasteiger partial charge in [-0.15, -0.1) is 0 Å². The second-order valence-electron chi connectivity index (χ2n) is 3.68. The minimum atomic E-state index is 0.593. The first-order valence-corrected chi connectivity index (χ1v) is 5.92. The summed E-state index contributed by atoms with van der Waals surface area (Å²) in [6.07, 6.45) is 1.74. The third-order valence-electron chi connectivity index (χ3n) is 2.33. The smallest absolute Gasteiger partial charge is 0.169 e. The Bertz CT molecular complexity index is 605. The van der Waals surface area contributed by atoms with Crippen molar-refractivity contribution in [2.75, 3.05) is 0 Å². The number of nitrogens with zero attached hydrogens (tertiary/aromatic N) is 1. The Labute approximate surface area is 108 Å². The quantitative estimate of drug-likeness (QED) is 0.767. The lowest BCUT2D eigenvalue weighted by Crippen LogP contribution is -1.82. The van der Waals surface area contributed by atoms with E-state index in [1.807, 2.05) is 37.3 Å². The topological polar surface area (TPSA) is 36.9 Å². The first kappa shape index (κ1) is 11.7. The number of benzene rings is 1. The zero-order valence-electron chi connectivity index (χ0n) is 9.27. The second-order valence-corrected chi connectivity index (χ2v) is 4.46. The van der Waals surface area contributed by atoms with Gasteiger partial charge in [0.1, 0.15) is 5.76 Å².